The van der Waals surface area contributed by atoms with Gasteiger partial charge in [0.05, 0.1) is 12.0 Å². The number of thioether (sulfide) groups is 1. The van der Waals surface area contributed by atoms with Crippen molar-refractivity contribution in [1.29, 1.82) is 0 Å². The van der Waals surface area contributed by atoms with Gasteiger partial charge in [0, 0.05) is 18.7 Å². The van der Waals surface area contributed by atoms with Crippen LogP contribution < -0.4 is 0 Å². The Balaban J connectivity index is 2.27. The summed E-state index contributed by atoms with van der Waals surface area (Å²) in [6.45, 7) is 6.01. The summed E-state index contributed by atoms with van der Waals surface area (Å²) in [7, 11) is -2.28. The Morgan fingerprint density at radius 1 is 1.31 bits per heavy atom. The highest BCUT2D eigenvalue weighted by molar-refractivity contribution is 8.00. The first-order valence-electron chi connectivity index (χ1n) is 8.02. The first-order chi connectivity index (χ1) is 12.3. The summed E-state index contributed by atoms with van der Waals surface area (Å²) in [5.41, 5.74) is 0.489. The van der Waals surface area contributed by atoms with Crippen LogP contribution in [0, 0.1) is 0 Å². The van der Waals surface area contributed by atoms with Crippen LogP contribution >= 0.6 is 11.8 Å². The highest BCUT2D eigenvalue weighted by atomic mass is 32.2. The van der Waals surface area contributed by atoms with E-state index in [1.165, 1.54) is 23.5 Å². The van der Waals surface area contributed by atoms with Gasteiger partial charge in [-0.25, -0.2) is 8.42 Å². The molecule has 0 aliphatic rings. The zero-order chi connectivity index (χ0) is 19.3. The smallest absolute Gasteiger partial charge is 0.319 e. The third-order valence-electron chi connectivity index (χ3n) is 3.64. The van der Waals surface area contributed by atoms with E-state index in [9.17, 15) is 13.2 Å². The molecule has 0 saturated heterocycles. The van der Waals surface area contributed by atoms with Crippen molar-refractivity contribution in [3.63, 3.8) is 0 Å². The van der Waals surface area contributed by atoms with Gasteiger partial charge >= 0.3 is 5.97 Å². The fourth-order valence-corrected chi connectivity index (χ4v) is 4.46. The van der Waals surface area contributed by atoms with Gasteiger partial charge in [-0.2, -0.15) is 4.31 Å². The Bertz CT molecular complexity index is 862. The maximum absolute atomic E-state index is 12.6. The van der Waals surface area contributed by atoms with Gasteiger partial charge in [-0.1, -0.05) is 31.7 Å². The second-order valence-electron chi connectivity index (χ2n) is 5.27. The van der Waals surface area contributed by atoms with E-state index >= 15 is 0 Å². The first-order valence-corrected chi connectivity index (χ1v) is 10.3. The van der Waals surface area contributed by atoms with E-state index in [2.05, 4.69) is 14.9 Å². The molecule has 0 unspecified atom stereocenters. The van der Waals surface area contributed by atoms with Crippen molar-refractivity contribution >= 4 is 27.8 Å². The van der Waals surface area contributed by atoms with Crippen molar-refractivity contribution in [2.75, 3.05) is 20.2 Å². The monoisotopic (exact) mass is 399 g/mol. The van der Waals surface area contributed by atoms with E-state index < -0.39 is 21.2 Å². The van der Waals surface area contributed by atoms with Crippen molar-refractivity contribution in [2.24, 2.45) is 0 Å². The number of benzene rings is 1. The highest BCUT2D eigenvalue weighted by Crippen LogP contribution is 2.28. The minimum atomic E-state index is -3.58. The molecule has 142 valence electrons. The van der Waals surface area contributed by atoms with Crippen molar-refractivity contribution in [3.05, 3.63) is 24.3 Å². The summed E-state index contributed by atoms with van der Waals surface area (Å²) in [5, 5.41) is 7.53. The molecule has 0 saturated carbocycles. The van der Waals surface area contributed by atoms with Gasteiger partial charge in [0.2, 0.25) is 15.9 Å². The van der Waals surface area contributed by atoms with E-state index in [1.807, 2.05) is 0 Å². The largest absolute Gasteiger partial charge is 0.468 e. The van der Waals surface area contributed by atoms with E-state index in [0.717, 1.165) is 11.8 Å². The van der Waals surface area contributed by atoms with Crippen LogP contribution in [0.5, 0.6) is 0 Å². The number of nitrogens with zero attached hydrogens (tertiary/aromatic N) is 3. The van der Waals surface area contributed by atoms with E-state index in [4.69, 9.17) is 4.42 Å². The molecule has 1 heterocycles. The summed E-state index contributed by atoms with van der Waals surface area (Å²) in [6.07, 6.45) is 0. The Morgan fingerprint density at radius 3 is 2.62 bits per heavy atom. The topological polar surface area (TPSA) is 103 Å². The molecular formula is C16H21N3O5S2. The normalized spacial score (nSPS) is 13.0. The molecule has 0 N–H and O–H groups in total. The average Bonchev–Trinajstić information content (AvgIpc) is 3.10. The van der Waals surface area contributed by atoms with Gasteiger partial charge < -0.3 is 9.15 Å². The second kappa shape index (κ2) is 8.65. The van der Waals surface area contributed by atoms with Crippen LogP contribution in [-0.2, 0) is 19.6 Å². The van der Waals surface area contributed by atoms with Crippen molar-refractivity contribution in [3.8, 4) is 11.5 Å². The van der Waals surface area contributed by atoms with Crippen LogP contribution in [0.1, 0.15) is 20.8 Å². The van der Waals surface area contributed by atoms with Crippen LogP contribution in [0.15, 0.2) is 38.8 Å². The lowest BCUT2D eigenvalue weighted by Crippen LogP contribution is -2.30. The molecule has 0 spiro atoms. The maximum atomic E-state index is 12.6. The Hall–Kier alpha value is -1.91. The number of hydrogen-bond acceptors (Lipinski definition) is 8. The number of aromatic nitrogens is 2. The van der Waals surface area contributed by atoms with Crippen molar-refractivity contribution in [2.45, 2.75) is 36.1 Å². The second-order valence-corrected chi connectivity index (χ2v) is 8.50. The Morgan fingerprint density at radius 2 is 2.00 bits per heavy atom. The molecule has 0 aliphatic carbocycles. The van der Waals surface area contributed by atoms with E-state index in [-0.39, 0.29) is 16.0 Å². The number of methoxy groups -OCH3 is 1. The molecule has 26 heavy (non-hydrogen) atoms. The van der Waals surface area contributed by atoms with Crippen LogP contribution in [0.4, 0.5) is 0 Å². The lowest BCUT2D eigenvalue weighted by molar-refractivity contribution is -0.139. The molecule has 0 radical (unpaired) electrons. The summed E-state index contributed by atoms with van der Waals surface area (Å²) >= 11 is 1.07. The molecule has 0 amide bonds. The van der Waals surface area contributed by atoms with Gasteiger partial charge in [0.15, 0.2) is 0 Å². The number of rotatable bonds is 8. The lowest BCUT2D eigenvalue weighted by Gasteiger charge is -2.18. The summed E-state index contributed by atoms with van der Waals surface area (Å²) in [4.78, 5) is 11.6. The Kier molecular flexibility index (Phi) is 6.79. The number of carbonyl (C=O) groups excluding carboxylic acids is 1. The fourth-order valence-electron chi connectivity index (χ4n) is 2.24. The van der Waals surface area contributed by atoms with Crippen LogP contribution in [0.2, 0.25) is 0 Å². The van der Waals surface area contributed by atoms with E-state index in [0.29, 0.717) is 18.7 Å². The van der Waals surface area contributed by atoms with Gasteiger partial charge in [0.25, 0.3) is 5.22 Å². The highest BCUT2D eigenvalue weighted by Gasteiger charge is 2.23. The van der Waals surface area contributed by atoms with Gasteiger partial charge in [-0.3, -0.25) is 4.79 Å². The number of sulfonamides is 1. The van der Waals surface area contributed by atoms with Crippen LogP contribution in [-0.4, -0.2) is 54.3 Å². The summed E-state index contributed by atoms with van der Waals surface area (Å²) in [5.74, 6) is -0.219. The summed E-state index contributed by atoms with van der Waals surface area (Å²) in [6, 6.07) is 6.34. The molecule has 0 fully saturated rings. The average molecular weight is 399 g/mol. The molecule has 2 rings (SSSR count). The SMILES string of the molecule is CCN(CC)S(=O)(=O)c1cccc(-c2nnc(S[C@@H](C)C(=O)OC)o2)c1. The zero-order valence-electron chi connectivity index (χ0n) is 15.0. The molecule has 0 bridgehead atoms. The third-order valence-corrected chi connectivity index (χ3v) is 6.60. The lowest BCUT2D eigenvalue weighted by atomic mass is 10.2. The predicted molar refractivity (Wildman–Crippen MR) is 97.2 cm³/mol. The molecule has 10 heteroatoms. The number of hydrogen-bond donors (Lipinski definition) is 0. The van der Waals surface area contributed by atoms with Gasteiger partial charge in [0.1, 0.15) is 5.25 Å². The zero-order valence-corrected chi connectivity index (χ0v) is 16.6. The van der Waals surface area contributed by atoms with Gasteiger partial charge in [-0.15, -0.1) is 10.2 Å². The molecule has 1 aromatic carbocycles. The fraction of sp³-hybridized carbons (Fsp3) is 0.438. The van der Waals surface area contributed by atoms with Gasteiger partial charge in [-0.05, 0) is 25.1 Å². The minimum Gasteiger partial charge on any atom is -0.468 e. The quantitative estimate of drug-likeness (QED) is 0.492. The van der Waals surface area contributed by atoms with Crippen LogP contribution in [0.25, 0.3) is 11.5 Å². The molecule has 0 aliphatic heterocycles. The Labute approximate surface area is 157 Å². The van der Waals surface area contributed by atoms with Crippen LogP contribution in [0.3, 0.4) is 0 Å². The van der Waals surface area contributed by atoms with Crippen molar-refractivity contribution < 1.29 is 22.4 Å². The van der Waals surface area contributed by atoms with E-state index in [1.54, 1.807) is 32.9 Å². The number of ether oxygens (including phenoxy) is 1. The molecule has 1 aromatic heterocycles. The first kappa shape index (κ1) is 20.4. The number of carbonyl (C=O) groups is 1. The number of esters is 1. The predicted octanol–water partition coefficient (Wildman–Crippen LogP) is 2.42. The molecule has 8 nitrogen and oxygen atoms in total. The standard InChI is InChI=1S/C16H21N3O5S2/c1-5-19(6-2)26(21,22)13-9-7-8-12(10-13)14-17-18-16(24-14)25-11(3)15(20)23-4/h7-11H,5-6H2,1-4H3/t11-/m0/s1. The third kappa shape index (κ3) is 4.43. The maximum Gasteiger partial charge on any atom is 0.319 e. The molecule has 1 atom stereocenters. The summed E-state index contributed by atoms with van der Waals surface area (Å²) < 4.78 is 36.8. The van der Waals surface area contributed by atoms with Crippen molar-refractivity contribution in [1.82, 2.24) is 14.5 Å². The minimum absolute atomic E-state index is 0.161. The molecular weight excluding hydrogens is 378 g/mol. The molecule has 2 aromatic rings.